The molecular weight excluding hydrogens is 396 g/mol. The molecule has 3 aromatic rings. The molecule has 2 heterocycles. The predicted molar refractivity (Wildman–Crippen MR) is 111 cm³/mol. The van der Waals surface area contributed by atoms with Gasteiger partial charge in [-0.3, -0.25) is 9.89 Å². The summed E-state index contributed by atoms with van der Waals surface area (Å²) in [5.74, 6) is 1.59. The number of hydrogen-bond acceptors (Lipinski definition) is 5. The number of halogens is 1. The van der Waals surface area contributed by atoms with E-state index in [2.05, 4.69) is 26.7 Å². The van der Waals surface area contributed by atoms with Gasteiger partial charge in [0.15, 0.2) is 11.6 Å². The number of aromatic nitrogens is 4. The molecule has 0 unspecified atom stereocenters. The van der Waals surface area contributed by atoms with E-state index in [9.17, 15) is 4.79 Å². The van der Waals surface area contributed by atoms with Crippen LogP contribution in [0.15, 0.2) is 29.4 Å². The smallest absolute Gasteiger partial charge is 0.209 e. The minimum absolute atomic E-state index is 0.0942. The number of carbonyl (C=O) groups is 1. The Morgan fingerprint density at radius 3 is 2.86 bits per heavy atom. The van der Waals surface area contributed by atoms with Crippen LogP contribution in [0.1, 0.15) is 40.6 Å². The molecule has 0 saturated heterocycles. The van der Waals surface area contributed by atoms with Crippen LogP contribution in [0.4, 0.5) is 0 Å². The van der Waals surface area contributed by atoms with Crippen molar-refractivity contribution in [2.75, 3.05) is 12.9 Å². The minimum atomic E-state index is 0.0942. The molecule has 0 radical (unpaired) electrons. The molecule has 8 heteroatoms. The summed E-state index contributed by atoms with van der Waals surface area (Å²) in [5, 5.41) is 8.22. The third-order valence-corrected chi connectivity index (χ3v) is 5.99. The number of H-pyrrole nitrogens is 1. The first kappa shape index (κ1) is 19.1. The van der Waals surface area contributed by atoms with Gasteiger partial charge in [0.2, 0.25) is 5.16 Å². The number of nitrogens with one attached hydrogen (secondary N) is 1. The number of Topliss-reactive ketones (excluding diaryl/α,β-unsaturated/α-hetero) is 1. The van der Waals surface area contributed by atoms with Crippen LogP contribution in [0.3, 0.4) is 0 Å². The zero-order chi connectivity index (χ0) is 19.8. The van der Waals surface area contributed by atoms with Gasteiger partial charge in [-0.05, 0) is 51.0 Å². The number of methoxy groups -OCH3 is 1. The Morgan fingerprint density at radius 1 is 1.36 bits per heavy atom. The summed E-state index contributed by atoms with van der Waals surface area (Å²) in [6.45, 7) is 4.09. The van der Waals surface area contributed by atoms with E-state index in [1.54, 1.807) is 25.3 Å². The molecule has 1 fully saturated rings. The summed E-state index contributed by atoms with van der Waals surface area (Å²) in [4.78, 5) is 17.2. The lowest BCUT2D eigenvalue weighted by molar-refractivity contribution is 0.102. The Hall–Kier alpha value is -2.25. The van der Waals surface area contributed by atoms with E-state index in [0.29, 0.717) is 33.5 Å². The van der Waals surface area contributed by atoms with Crippen molar-refractivity contribution in [3.63, 3.8) is 0 Å². The molecule has 1 saturated carbocycles. The van der Waals surface area contributed by atoms with Gasteiger partial charge < -0.3 is 9.30 Å². The van der Waals surface area contributed by atoms with E-state index in [4.69, 9.17) is 16.3 Å². The molecule has 0 bridgehead atoms. The molecule has 1 N–H and O–H groups in total. The van der Waals surface area contributed by atoms with Crippen LogP contribution in [0.25, 0.3) is 11.4 Å². The number of thioether (sulfide) groups is 1. The van der Waals surface area contributed by atoms with Gasteiger partial charge in [-0.25, -0.2) is 4.98 Å². The van der Waals surface area contributed by atoms with Crippen molar-refractivity contribution in [1.82, 2.24) is 19.7 Å². The molecule has 0 aliphatic heterocycles. The summed E-state index contributed by atoms with van der Waals surface area (Å²) in [6.07, 6.45) is 2.40. The molecule has 2 aromatic heterocycles. The van der Waals surface area contributed by atoms with E-state index < -0.39 is 0 Å². The highest BCUT2D eigenvalue weighted by Crippen LogP contribution is 2.38. The Bertz CT molecular complexity index is 1040. The number of carbonyl (C=O) groups excluding carboxylic acids is 1. The fourth-order valence-electron chi connectivity index (χ4n) is 3.46. The highest BCUT2D eigenvalue weighted by atomic mass is 35.5. The van der Waals surface area contributed by atoms with Crippen LogP contribution in [-0.4, -0.2) is 38.4 Å². The zero-order valence-corrected chi connectivity index (χ0v) is 17.5. The summed E-state index contributed by atoms with van der Waals surface area (Å²) < 4.78 is 7.65. The Morgan fingerprint density at radius 2 is 2.14 bits per heavy atom. The maximum absolute atomic E-state index is 12.7. The molecule has 28 heavy (non-hydrogen) atoms. The second-order valence-electron chi connectivity index (χ2n) is 6.91. The molecule has 1 aromatic carbocycles. The van der Waals surface area contributed by atoms with Gasteiger partial charge in [0.25, 0.3) is 0 Å². The van der Waals surface area contributed by atoms with Gasteiger partial charge in [0, 0.05) is 28.0 Å². The number of rotatable bonds is 7. The number of ketones is 1. The van der Waals surface area contributed by atoms with E-state index in [-0.39, 0.29) is 5.78 Å². The van der Waals surface area contributed by atoms with E-state index in [1.165, 1.54) is 24.6 Å². The molecule has 4 rings (SSSR count). The normalized spacial score (nSPS) is 13.7. The average Bonchev–Trinajstić information content (AvgIpc) is 3.31. The lowest BCUT2D eigenvalue weighted by Gasteiger charge is -2.07. The summed E-state index contributed by atoms with van der Waals surface area (Å²) in [5.41, 5.74) is 3.74. The fourth-order valence-corrected chi connectivity index (χ4v) is 4.31. The van der Waals surface area contributed by atoms with Crippen molar-refractivity contribution in [3.05, 3.63) is 46.2 Å². The van der Waals surface area contributed by atoms with Crippen molar-refractivity contribution < 1.29 is 9.53 Å². The van der Waals surface area contributed by atoms with Gasteiger partial charge >= 0.3 is 0 Å². The molecular formula is C20H21ClN4O2S. The van der Waals surface area contributed by atoms with Crippen molar-refractivity contribution in [3.8, 4) is 17.1 Å². The van der Waals surface area contributed by atoms with Crippen LogP contribution < -0.4 is 4.74 Å². The Kier molecular flexibility index (Phi) is 5.21. The number of ether oxygens (including phenoxy) is 1. The average molecular weight is 417 g/mol. The highest BCUT2D eigenvalue weighted by molar-refractivity contribution is 7.99. The standard InChI is InChI=1S/C20H21ClN4O2S/c1-11-8-15(12(2)25(11)14-5-6-14)17(26)10-28-20-22-19(23-24-20)16-9-13(21)4-7-18(16)27-3/h4,7-9,14H,5-6,10H2,1-3H3,(H,22,23,24). The SMILES string of the molecule is COc1ccc(Cl)cc1-c1nc(SCC(=O)c2cc(C)n(C3CC3)c2C)n[nH]1. The molecule has 0 atom stereocenters. The summed E-state index contributed by atoms with van der Waals surface area (Å²) in [7, 11) is 1.59. The fraction of sp³-hybridized carbons (Fsp3) is 0.350. The number of hydrogen-bond donors (Lipinski definition) is 1. The quantitative estimate of drug-likeness (QED) is 0.439. The topological polar surface area (TPSA) is 72.8 Å². The largest absolute Gasteiger partial charge is 0.496 e. The predicted octanol–water partition coefficient (Wildman–Crippen LogP) is 4.86. The van der Waals surface area contributed by atoms with E-state index in [1.807, 2.05) is 13.0 Å². The number of aryl methyl sites for hydroxylation is 1. The molecule has 6 nitrogen and oxygen atoms in total. The second-order valence-corrected chi connectivity index (χ2v) is 8.29. The minimum Gasteiger partial charge on any atom is -0.496 e. The summed E-state index contributed by atoms with van der Waals surface area (Å²) in [6, 6.07) is 7.88. The zero-order valence-electron chi connectivity index (χ0n) is 16.0. The Balaban J connectivity index is 1.47. The molecule has 1 aliphatic carbocycles. The van der Waals surface area contributed by atoms with Crippen molar-refractivity contribution in [1.29, 1.82) is 0 Å². The monoisotopic (exact) mass is 416 g/mol. The van der Waals surface area contributed by atoms with Crippen LogP contribution in [0.2, 0.25) is 5.02 Å². The van der Waals surface area contributed by atoms with E-state index in [0.717, 1.165) is 22.5 Å². The first-order chi connectivity index (χ1) is 13.5. The lowest BCUT2D eigenvalue weighted by atomic mass is 10.2. The second kappa shape index (κ2) is 7.64. The molecule has 146 valence electrons. The van der Waals surface area contributed by atoms with Gasteiger partial charge in [0.1, 0.15) is 5.75 Å². The van der Waals surface area contributed by atoms with Crippen LogP contribution in [0.5, 0.6) is 5.75 Å². The molecule has 1 aliphatic rings. The summed E-state index contributed by atoms with van der Waals surface area (Å²) >= 11 is 7.41. The number of nitrogens with zero attached hydrogens (tertiary/aromatic N) is 3. The Labute approximate surface area is 172 Å². The van der Waals surface area contributed by atoms with Gasteiger partial charge in [-0.1, -0.05) is 23.4 Å². The van der Waals surface area contributed by atoms with Gasteiger partial charge in [-0.15, -0.1) is 5.10 Å². The van der Waals surface area contributed by atoms with Crippen molar-refractivity contribution >= 4 is 29.1 Å². The highest BCUT2D eigenvalue weighted by Gasteiger charge is 2.28. The van der Waals surface area contributed by atoms with Crippen LogP contribution in [-0.2, 0) is 0 Å². The van der Waals surface area contributed by atoms with Crippen molar-refractivity contribution in [2.45, 2.75) is 37.9 Å². The lowest BCUT2D eigenvalue weighted by Crippen LogP contribution is -2.06. The first-order valence-corrected chi connectivity index (χ1v) is 10.4. The third-order valence-electron chi connectivity index (χ3n) is 4.91. The van der Waals surface area contributed by atoms with Gasteiger partial charge in [0.05, 0.1) is 18.4 Å². The van der Waals surface area contributed by atoms with E-state index >= 15 is 0 Å². The number of benzene rings is 1. The van der Waals surface area contributed by atoms with Crippen LogP contribution in [0, 0.1) is 13.8 Å². The molecule has 0 spiro atoms. The molecule has 0 amide bonds. The van der Waals surface area contributed by atoms with Crippen molar-refractivity contribution in [2.24, 2.45) is 0 Å². The van der Waals surface area contributed by atoms with Gasteiger partial charge in [-0.2, -0.15) is 0 Å². The van der Waals surface area contributed by atoms with Crippen LogP contribution >= 0.6 is 23.4 Å². The maximum atomic E-state index is 12.7. The third kappa shape index (κ3) is 3.69. The number of aromatic amines is 1. The maximum Gasteiger partial charge on any atom is 0.209 e. The first-order valence-electron chi connectivity index (χ1n) is 9.08.